The summed E-state index contributed by atoms with van der Waals surface area (Å²) in [5.41, 5.74) is 2.22. The maximum absolute atomic E-state index is 11.4. The van der Waals surface area contributed by atoms with E-state index in [-0.39, 0.29) is 5.78 Å². The summed E-state index contributed by atoms with van der Waals surface area (Å²) in [6.07, 6.45) is 0. The average Bonchev–Trinajstić information content (AvgIpc) is 2.84. The summed E-state index contributed by atoms with van der Waals surface area (Å²) in [6, 6.07) is 14.9. The highest BCUT2D eigenvalue weighted by molar-refractivity contribution is 6.34. The molecule has 0 unspecified atom stereocenters. The summed E-state index contributed by atoms with van der Waals surface area (Å²) in [5, 5.41) is 1.54. The van der Waals surface area contributed by atoms with Crippen molar-refractivity contribution in [3.63, 3.8) is 0 Å². The molecule has 2 nitrogen and oxygen atoms in total. The van der Waals surface area contributed by atoms with Crippen LogP contribution in [0.4, 0.5) is 0 Å². The summed E-state index contributed by atoms with van der Waals surface area (Å²) < 4.78 is 5.78. The number of rotatable bonds is 2. The monoisotopic (exact) mass is 270 g/mol. The second-order valence-electron chi connectivity index (χ2n) is 4.41. The van der Waals surface area contributed by atoms with Gasteiger partial charge in [-0.05, 0) is 25.1 Å². The molecule has 0 aliphatic heterocycles. The van der Waals surface area contributed by atoms with E-state index in [9.17, 15) is 4.79 Å². The molecule has 0 N–H and O–H groups in total. The number of ketones is 1. The Hall–Kier alpha value is -2.06. The maximum atomic E-state index is 11.4. The predicted octanol–water partition coefficient (Wildman–Crippen LogP) is 4.96. The Kier molecular flexibility index (Phi) is 2.88. The van der Waals surface area contributed by atoms with Gasteiger partial charge in [-0.1, -0.05) is 41.9 Å². The Balaban J connectivity index is 2.16. The first kappa shape index (κ1) is 12.0. The normalized spacial score (nSPS) is 10.8. The van der Waals surface area contributed by atoms with Gasteiger partial charge in [0.05, 0.1) is 5.02 Å². The number of carbonyl (C=O) groups is 1. The summed E-state index contributed by atoms with van der Waals surface area (Å²) in [5.74, 6) is 0.752. The van der Waals surface area contributed by atoms with Crippen LogP contribution in [0.2, 0.25) is 5.02 Å². The fraction of sp³-hybridized carbons (Fsp3) is 0.0625. The molecule has 2 aromatic carbocycles. The molecule has 0 radical (unpaired) electrons. The number of halogens is 1. The van der Waals surface area contributed by atoms with Gasteiger partial charge in [0.2, 0.25) is 0 Å². The molecule has 0 bridgehead atoms. The van der Waals surface area contributed by atoms with Crippen molar-refractivity contribution in [3.8, 4) is 11.3 Å². The first-order chi connectivity index (χ1) is 9.15. The largest absolute Gasteiger partial charge is 0.455 e. The van der Waals surface area contributed by atoms with Gasteiger partial charge < -0.3 is 4.42 Å². The first-order valence-corrected chi connectivity index (χ1v) is 6.32. The van der Waals surface area contributed by atoms with Crippen LogP contribution in [0.15, 0.2) is 52.9 Å². The molecule has 3 aromatic rings. The number of fused-ring (bicyclic) bond motifs is 1. The van der Waals surface area contributed by atoms with Gasteiger partial charge in [-0.2, -0.15) is 0 Å². The molecule has 3 heteroatoms. The van der Waals surface area contributed by atoms with Gasteiger partial charge in [0.1, 0.15) is 5.76 Å². The first-order valence-electron chi connectivity index (χ1n) is 5.94. The van der Waals surface area contributed by atoms with E-state index in [0.29, 0.717) is 21.9 Å². The van der Waals surface area contributed by atoms with Crippen molar-refractivity contribution in [1.29, 1.82) is 0 Å². The molecule has 0 aliphatic rings. The second kappa shape index (κ2) is 4.56. The second-order valence-corrected chi connectivity index (χ2v) is 4.81. The third kappa shape index (κ3) is 2.15. The molecular formula is C16H11ClO2. The molecule has 0 atom stereocenters. The number of benzene rings is 2. The summed E-state index contributed by atoms with van der Waals surface area (Å²) in [4.78, 5) is 11.4. The zero-order valence-electron chi connectivity index (χ0n) is 10.3. The highest BCUT2D eigenvalue weighted by Gasteiger charge is 2.09. The minimum Gasteiger partial charge on any atom is -0.455 e. The fourth-order valence-electron chi connectivity index (χ4n) is 2.06. The molecule has 0 aliphatic carbocycles. The summed E-state index contributed by atoms with van der Waals surface area (Å²) >= 11 is 6.09. The van der Waals surface area contributed by atoms with Gasteiger partial charge in [-0.3, -0.25) is 4.79 Å². The molecule has 19 heavy (non-hydrogen) atoms. The molecule has 0 spiro atoms. The van der Waals surface area contributed by atoms with Crippen molar-refractivity contribution < 1.29 is 9.21 Å². The Labute approximate surface area is 115 Å². The minimum absolute atomic E-state index is 0.0380. The molecule has 0 fully saturated rings. The SMILES string of the molecule is CC(=O)c1cccc(-c2cc3cccc(Cl)c3o2)c1. The fourth-order valence-corrected chi connectivity index (χ4v) is 2.28. The number of para-hydroxylation sites is 1. The van der Waals surface area contributed by atoms with Crippen molar-refractivity contribution in [2.75, 3.05) is 0 Å². The van der Waals surface area contributed by atoms with Gasteiger partial charge in [0.15, 0.2) is 11.4 Å². The highest BCUT2D eigenvalue weighted by Crippen LogP contribution is 2.32. The van der Waals surface area contributed by atoms with Crippen LogP contribution in [0.3, 0.4) is 0 Å². The van der Waals surface area contributed by atoms with Crippen LogP contribution in [0.5, 0.6) is 0 Å². The topological polar surface area (TPSA) is 30.2 Å². The average molecular weight is 271 g/mol. The van der Waals surface area contributed by atoms with Gasteiger partial charge in [0, 0.05) is 16.5 Å². The van der Waals surface area contributed by atoms with Crippen LogP contribution in [-0.4, -0.2) is 5.78 Å². The predicted molar refractivity (Wildman–Crippen MR) is 76.7 cm³/mol. The van der Waals surface area contributed by atoms with E-state index in [0.717, 1.165) is 10.9 Å². The zero-order valence-corrected chi connectivity index (χ0v) is 11.1. The van der Waals surface area contributed by atoms with Crippen molar-refractivity contribution in [1.82, 2.24) is 0 Å². The van der Waals surface area contributed by atoms with Crippen LogP contribution < -0.4 is 0 Å². The van der Waals surface area contributed by atoms with Gasteiger partial charge in [-0.15, -0.1) is 0 Å². The quantitative estimate of drug-likeness (QED) is 0.616. The third-order valence-corrected chi connectivity index (χ3v) is 3.35. The highest BCUT2D eigenvalue weighted by atomic mass is 35.5. The lowest BCUT2D eigenvalue weighted by atomic mass is 10.1. The minimum atomic E-state index is 0.0380. The van der Waals surface area contributed by atoms with Gasteiger partial charge in [-0.25, -0.2) is 0 Å². The Morgan fingerprint density at radius 2 is 1.89 bits per heavy atom. The Morgan fingerprint density at radius 3 is 2.63 bits per heavy atom. The number of hydrogen-bond acceptors (Lipinski definition) is 2. The molecule has 1 aromatic heterocycles. The number of carbonyl (C=O) groups excluding carboxylic acids is 1. The summed E-state index contributed by atoms with van der Waals surface area (Å²) in [6.45, 7) is 1.55. The lowest BCUT2D eigenvalue weighted by molar-refractivity contribution is 0.101. The van der Waals surface area contributed by atoms with Crippen molar-refractivity contribution in [2.24, 2.45) is 0 Å². The molecule has 0 amide bonds. The van der Waals surface area contributed by atoms with Crippen LogP contribution >= 0.6 is 11.6 Å². The van der Waals surface area contributed by atoms with E-state index < -0.39 is 0 Å². The molecule has 3 rings (SSSR count). The van der Waals surface area contributed by atoms with E-state index in [4.69, 9.17) is 16.0 Å². The van der Waals surface area contributed by atoms with E-state index in [2.05, 4.69) is 0 Å². The van der Waals surface area contributed by atoms with Gasteiger partial charge >= 0.3 is 0 Å². The van der Waals surface area contributed by atoms with Crippen molar-refractivity contribution in [2.45, 2.75) is 6.92 Å². The van der Waals surface area contributed by atoms with Crippen LogP contribution in [0, 0.1) is 0 Å². The Morgan fingerprint density at radius 1 is 1.11 bits per heavy atom. The number of hydrogen-bond donors (Lipinski definition) is 0. The van der Waals surface area contributed by atoms with Crippen LogP contribution in [0.1, 0.15) is 17.3 Å². The summed E-state index contributed by atoms with van der Waals surface area (Å²) in [7, 11) is 0. The molecule has 0 saturated heterocycles. The number of Topliss-reactive ketones (excluding diaryl/α,β-unsaturated/α-hetero) is 1. The van der Waals surface area contributed by atoms with E-state index in [1.54, 1.807) is 19.1 Å². The maximum Gasteiger partial charge on any atom is 0.159 e. The molecule has 94 valence electrons. The standard InChI is InChI=1S/C16H11ClO2/c1-10(18)11-4-2-5-12(8-11)15-9-13-6-3-7-14(17)16(13)19-15/h2-9H,1H3. The molecule has 1 heterocycles. The lowest BCUT2D eigenvalue weighted by Gasteiger charge is -1.99. The van der Waals surface area contributed by atoms with E-state index >= 15 is 0 Å². The third-order valence-electron chi connectivity index (χ3n) is 3.05. The van der Waals surface area contributed by atoms with E-state index in [1.807, 2.05) is 36.4 Å². The number of furan rings is 1. The zero-order chi connectivity index (χ0) is 13.4. The van der Waals surface area contributed by atoms with Gasteiger partial charge in [0.25, 0.3) is 0 Å². The van der Waals surface area contributed by atoms with E-state index in [1.165, 1.54) is 0 Å². The molecule has 0 saturated carbocycles. The van der Waals surface area contributed by atoms with Crippen LogP contribution in [0.25, 0.3) is 22.3 Å². The Bertz CT molecular complexity index is 771. The van der Waals surface area contributed by atoms with Crippen molar-refractivity contribution >= 4 is 28.4 Å². The van der Waals surface area contributed by atoms with Crippen molar-refractivity contribution in [3.05, 3.63) is 59.1 Å². The lowest BCUT2D eigenvalue weighted by Crippen LogP contribution is -1.91. The smallest absolute Gasteiger partial charge is 0.159 e. The molecular weight excluding hydrogens is 260 g/mol. The van der Waals surface area contributed by atoms with Crippen LogP contribution in [-0.2, 0) is 0 Å².